The van der Waals surface area contributed by atoms with Crippen molar-refractivity contribution < 1.29 is 14.7 Å². The molecular formula is C23H26N4O3. The van der Waals surface area contributed by atoms with Crippen LogP contribution in [0.1, 0.15) is 43.9 Å². The first-order valence-corrected chi connectivity index (χ1v) is 10.4. The Hall–Kier alpha value is -3.06. The second kappa shape index (κ2) is 7.32. The molecule has 2 N–H and O–H groups in total. The van der Waals surface area contributed by atoms with E-state index in [-0.39, 0.29) is 18.1 Å². The minimum atomic E-state index is -0.474. The van der Waals surface area contributed by atoms with E-state index >= 15 is 0 Å². The highest BCUT2D eigenvalue weighted by Crippen LogP contribution is 2.44. The Morgan fingerprint density at radius 1 is 1.23 bits per heavy atom. The fraction of sp³-hybridized carbons (Fsp3) is 0.391. The molecular weight excluding hydrogens is 380 g/mol. The Labute approximate surface area is 175 Å². The summed E-state index contributed by atoms with van der Waals surface area (Å²) in [6.45, 7) is 6.71. The fourth-order valence-electron chi connectivity index (χ4n) is 4.50. The molecule has 0 aliphatic carbocycles. The molecule has 0 amide bonds. The van der Waals surface area contributed by atoms with Gasteiger partial charge in [0.25, 0.3) is 0 Å². The molecule has 7 heteroatoms. The quantitative estimate of drug-likeness (QED) is 0.675. The van der Waals surface area contributed by atoms with Crippen LogP contribution in [0.3, 0.4) is 0 Å². The number of aliphatic hydroxyl groups is 1. The van der Waals surface area contributed by atoms with E-state index in [1.54, 1.807) is 6.92 Å². The zero-order chi connectivity index (χ0) is 20.8. The molecule has 0 bridgehead atoms. The van der Waals surface area contributed by atoms with Crippen molar-refractivity contribution in [2.24, 2.45) is 5.16 Å². The lowest BCUT2D eigenvalue weighted by Crippen LogP contribution is -2.27. The van der Waals surface area contributed by atoms with Gasteiger partial charge in [0, 0.05) is 12.1 Å². The summed E-state index contributed by atoms with van der Waals surface area (Å²) in [5, 5.41) is 17.3. The van der Waals surface area contributed by atoms with Crippen molar-refractivity contribution in [2.75, 3.05) is 18.5 Å². The van der Waals surface area contributed by atoms with Gasteiger partial charge in [-0.15, -0.1) is 0 Å². The summed E-state index contributed by atoms with van der Waals surface area (Å²) in [6.07, 6.45) is -0.517. The second-order valence-electron chi connectivity index (χ2n) is 8.15. The molecule has 5 rings (SSSR count). The SMILES string of the molecule is CC1=NOC(C)C1c1ccc2nc(NCC(C)O)n3c2c1OCC3c1ccccc1. The lowest BCUT2D eigenvalue weighted by atomic mass is 9.89. The number of aromatic nitrogens is 2. The molecule has 0 spiro atoms. The molecule has 2 aromatic carbocycles. The predicted octanol–water partition coefficient (Wildman–Crippen LogP) is 3.69. The van der Waals surface area contributed by atoms with Gasteiger partial charge in [0.1, 0.15) is 24.0 Å². The molecule has 4 unspecified atom stereocenters. The van der Waals surface area contributed by atoms with Crippen molar-refractivity contribution in [3.63, 3.8) is 0 Å². The normalized spacial score (nSPS) is 23.6. The van der Waals surface area contributed by atoms with Crippen molar-refractivity contribution in [3.05, 3.63) is 53.6 Å². The number of aliphatic hydroxyl groups excluding tert-OH is 1. The number of hydrogen-bond acceptors (Lipinski definition) is 6. The summed E-state index contributed by atoms with van der Waals surface area (Å²) in [6, 6.07) is 14.4. The van der Waals surface area contributed by atoms with Gasteiger partial charge in [-0.1, -0.05) is 41.6 Å². The first kappa shape index (κ1) is 18.9. The average Bonchev–Trinajstić information content (AvgIpc) is 3.29. The summed E-state index contributed by atoms with van der Waals surface area (Å²) in [4.78, 5) is 10.4. The molecule has 0 saturated heterocycles. The standard InChI is InChI=1S/C23H26N4O3/c1-13(28)11-24-23-25-18-10-9-17(20-14(2)26-30-15(20)3)22-21(18)27(23)19(12-29-22)16-7-5-4-6-8-16/h4-10,13,15,19-20,28H,11-12H2,1-3H3,(H,24,25). The van der Waals surface area contributed by atoms with Crippen LogP contribution in [-0.4, -0.2) is 45.7 Å². The van der Waals surface area contributed by atoms with Gasteiger partial charge in [0.15, 0.2) is 0 Å². The molecule has 2 aliphatic heterocycles. The molecule has 0 fully saturated rings. The molecule has 156 valence electrons. The van der Waals surface area contributed by atoms with Gasteiger partial charge in [-0.2, -0.15) is 0 Å². The Balaban J connectivity index is 1.70. The van der Waals surface area contributed by atoms with Crippen molar-refractivity contribution >= 4 is 22.7 Å². The van der Waals surface area contributed by atoms with Crippen LogP contribution in [0.15, 0.2) is 47.6 Å². The maximum absolute atomic E-state index is 9.80. The zero-order valence-electron chi connectivity index (χ0n) is 17.4. The van der Waals surface area contributed by atoms with Gasteiger partial charge in [-0.25, -0.2) is 4.98 Å². The van der Waals surface area contributed by atoms with Crippen molar-refractivity contribution in [1.29, 1.82) is 0 Å². The summed E-state index contributed by atoms with van der Waals surface area (Å²) in [5.74, 6) is 1.63. The first-order chi connectivity index (χ1) is 14.5. The van der Waals surface area contributed by atoms with Gasteiger partial charge >= 0.3 is 0 Å². The van der Waals surface area contributed by atoms with E-state index < -0.39 is 6.10 Å². The second-order valence-corrected chi connectivity index (χ2v) is 8.15. The Morgan fingerprint density at radius 3 is 2.73 bits per heavy atom. The fourth-order valence-corrected chi connectivity index (χ4v) is 4.50. The highest BCUT2D eigenvalue weighted by atomic mass is 16.6. The number of ether oxygens (including phenoxy) is 1. The highest BCUT2D eigenvalue weighted by molar-refractivity contribution is 5.94. The van der Waals surface area contributed by atoms with Crippen molar-refractivity contribution in [3.8, 4) is 5.75 Å². The average molecular weight is 406 g/mol. The molecule has 4 atom stereocenters. The number of hydrogen-bond donors (Lipinski definition) is 2. The number of oxime groups is 1. The zero-order valence-corrected chi connectivity index (χ0v) is 17.4. The van der Waals surface area contributed by atoms with Gasteiger partial charge in [-0.05, 0) is 32.4 Å². The third-order valence-electron chi connectivity index (χ3n) is 5.89. The first-order valence-electron chi connectivity index (χ1n) is 10.4. The van der Waals surface area contributed by atoms with Crippen LogP contribution >= 0.6 is 0 Å². The van der Waals surface area contributed by atoms with E-state index in [2.05, 4.69) is 33.2 Å². The monoisotopic (exact) mass is 406 g/mol. The lowest BCUT2D eigenvalue weighted by Gasteiger charge is -2.30. The van der Waals surface area contributed by atoms with E-state index in [4.69, 9.17) is 14.6 Å². The number of nitrogens with one attached hydrogen (secondary N) is 1. The largest absolute Gasteiger partial charge is 0.488 e. The van der Waals surface area contributed by atoms with Gasteiger partial charge in [0.2, 0.25) is 5.95 Å². The van der Waals surface area contributed by atoms with Crippen molar-refractivity contribution in [1.82, 2.24) is 9.55 Å². The molecule has 30 heavy (non-hydrogen) atoms. The van der Waals surface area contributed by atoms with Gasteiger partial charge in [0.05, 0.1) is 29.3 Å². The van der Waals surface area contributed by atoms with Crippen LogP contribution in [0.5, 0.6) is 5.75 Å². The molecule has 1 aromatic heterocycles. The number of anilines is 1. The van der Waals surface area contributed by atoms with Crippen LogP contribution in [0, 0.1) is 0 Å². The van der Waals surface area contributed by atoms with Crippen molar-refractivity contribution in [2.45, 2.75) is 44.9 Å². The molecule has 2 aliphatic rings. The summed E-state index contributed by atoms with van der Waals surface area (Å²) in [7, 11) is 0. The molecule has 3 heterocycles. The summed E-state index contributed by atoms with van der Waals surface area (Å²) in [5.41, 5.74) is 5.01. The highest BCUT2D eigenvalue weighted by Gasteiger charge is 2.36. The van der Waals surface area contributed by atoms with Gasteiger partial charge < -0.3 is 20.0 Å². The minimum Gasteiger partial charge on any atom is -0.488 e. The number of benzene rings is 2. The molecule has 0 radical (unpaired) electrons. The van der Waals surface area contributed by atoms with Crippen LogP contribution < -0.4 is 10.1 Å². The Morgan fingerprint density at radius 2 is 2.03 bits per heavy atom. The van der Waals surface area contributed by atoms with Crippen LogP contribution in [0.2, 0.25) is 0 Å². The topological polar surface area (TPSA) is 80.9 Å². The van der Waals surface area contributed by atoms with E-state index in [0.717, 1.165) is 39.6 Å². The maximum Gasteiger partial charge on any atom is 0.204 e. The summed E-state index contributed by atoms with van der Waals surface area (Å²) >= 11 is 0. The minimum absolute atomic E-state index is 0.0116. The van der Waals surface area contributed by atoms with E-state index in [1.807, 2.05) is 38.1 Å². The maximum atomic E-state index is 9.80. The van der Waals surface area contributed by atoms with Crippen LogP contribution in [0.4, 0.5) is 5.95 Å². The Kier molecular flexibility index (Phi) is 4.62. The molecule has 3 aromatic rings. The third kappa shape index (κ3) is 3.01. The van der Waals surface area contributed by atoms with Crippen LogP contribution in [-0.2, 0) is 4.84 Å². The Bertz CT molecular complexity index is 1110. The lowest BCUT2D eigenvalue weighted by molar-refractivity contribution is 0.0897. The van der Waals surface area contributed by atoms with Gasteiger partial charge in [-0.3, -0.25) is 4.57 Å². The number of nitrogens with zero attached hydrogens (tertiary/aromatic N) is 3. The molecule has 0 saturated carbocycles. The number of imidazole rings is 1. The smallest absolute Gasteiger partial charge is 0.204 e. The number of rotatable bonds is 5. The predicted molar refractivity (Wildman–Crippen MR) is 116 cm³/mol. The van der Waals surface area contributed by atoms with E-state index in [9.17, 15) is 5.11 Å². The van der Waals surface area contributed by atoms with Crippen LogP contribution in [0.25, 0.3) is 11.0 Å². The van der Waals surface area contributed by atoms with E-state index in [0.29, 0.717) is 13.2 Å². The van der Waals surface area contributed by atoms with E-state index in [1.165, 1.54) is 0 Å². The summed E-state index contributed by atoms with van der Waals surface area (Å²) < 4.78 is 8.60. The molecule has 7 nitrogen and oxygen atoms in total. The third-order valence-corrected chi connectivity index (χ3v) is 5.89.